The first-order valence-corrected chi connectivity index (χ1v) is 7.20. The number of amides is 1. The average Bonchev–Trinajstić information content (AvgIpc) is 2.55. The van der Waals surface area contributed by atoms with E-state index in [1.807, 2.05) is 31.2 Å². The third-order valence-corrected chi connectivity index (χ3v) is 3.30. The highest BCUT2D eigenvalue weighted by molar-refractivity contribution is 5.93. The first-order chi connectivity index (χ1) is 11.5. The van der Waals surface area contributed by atoms with Crippen LogP contribution in [-0.4, -0.2) is 23.4 Å². The molecule has 2 aromatic rings. The summed E-state index contributed by atoms with van der Waals surface area (Å²) < 4.78 is 4.93. The first-order valence-electron chi connectivity index (χ1n) is 7.20. The number of non-ortho nitro benzene ring substituents is 1. The molecule has 0 atom stereocenters. The van der Waals surface area contributed by atoms with Gasteiger partial charge in [0.2, 0.25) is 0 Å². The van der Waals surface area contributed by atoms with Crippen LogP contribution in [0.3, 0.4) is 0 Å². The third kappa shape index (κ3) is 4.91. The Balaban J connectivity index is 1.85. The number of nitro benzene ring substituents is 1. The zero-order chi connectivity index (χ0) is 17.5. The van der Waals surface area contributed by atoms with Crippen LogP contribution in [-0.2, 0) is 20.7 Å². The maximum absolute atomic E-state index is 11.8. The van der Waals surface area contributed by atoms with E-state index in [0.717, 1.165) is 11.1 Å². The molecule has 2 aromatic carbocycles. The summed E-state index contributed by atoms with van der Waals surface area (Å²) in [5.41, 5.74) is 1.94. The smallest absolute Gasteiger partial charge is 0.310 e. The lowest BCUT2D eigenvalue weighted by atomic mass is 10.1. The number of esters is 1. The zero-order valence-corrected chi connectivity index (χ0v) is 13.0. The fourth-order valence-corrected chi connectivity index (χ4v) is 2.06. The van der Waals surface area contributed by atoms with E-state index in [1.54, 1.807) is 0 Å². The van der Waals surface area contributed by atoms with Crippen LogP contribution in [0.4, 0.5) is 11.4 Å². The molecular formula is C17H16N2O5. The summed E-state index contributed by atoms with van der Waals surface area (Å²) in [5, 5.41) is 13.1. The Morgan fingerprint density at radius 2 is 1.92 bits per heavy atom. The molecule has 0 spiro atoms. The van der Waals surface area contributed by atoms with Crippen molar-refractivity contribution in [3.63, 3.8) is 0 Å². The second-order valence-corrected chi connectivity index (χ2v) is 5.12. The molecule has 0 saturated heterocycles. The van der Waals surface area contributed by atoms with Gasteiger partial charge in [0.25, 0.3) is 11.6 Å². The van der Waals surface area contributed by atoms with Gasteiger partial charge >= 0.3 is 5.97 Å². The van der Waals surface area contributed by atoms with Gasteiger partial charge in [-0.2, -0.15) is 0 Å². The topological polar surface area (TPSA) is 98.5 Å². The Hall–Kier alpha value is -3.22. The monoisotopic (exact) mass is 328 g/mol. The Morgan fingerprint density at radius 1 is 1.17 bits per heavy atom. The Morgan fingerprint density at radius 3 is 2.62 bits per heavy atom. The lowest BCUT2D eigenvalue weighted by Gasteiger charge is -2.08. The number of nitrogens with zero attached hydrogens (tertiary/aromatic N) is 1. The van der Waals surface area contributed by atoms with Gasteiger partial charge in [-0.05, 0) is 24.1 Å². The van der Waals surface area contributed by atoms with Crippen LogP contribution in [0.1, 0.15) is 11.1 Å². The minimum Gasteiger partial charge on any atom is -0.455 e. The molecule has 0 saturated carbocycles. The van der Waals surface area contributed by atoms with E-state index in [4.69, 9.17) is 4.74 Å². The van der Waals surface area contributed by atoms with E-state index in [9.17, 15) is 19.7 Å². The molecule has 7 nitrogen and oxygen atoms in total. The summed E-state index contributed by atoms with van der Waals surface area (Å²) >= 11 is 0. The average molecular weight is 328 g/mol. The number of carbonyl (C=O) groups is 2. The summed E-state index contributed by atoms with van der Waals surface area (Å²) in [4.78, 5) is 33.7. The van der Waals surface area contributed by atoms with Crippen LogP contribution in [0.2, 0.25) is 0 Å². The number of aryl methyl sites for hydroxylation is 1. The number of nitrogens with one attached hydrogen (secondary N) is 1. The van der Waals surface area contributed by atoms with Gasteiger partial charge in [0.05, 0.1) is 11.3 Å². The van der Waals surface area contributed by atoms with Crippen molar-refractivity contribution in [3.05, 3.63) is 69.8 Å². The Kier molecular flexibility index (Phi) is 5.62. The fourth-order valence-electron chi connectivity index (χ4n) is 2.06. The second-order valence-electron chi connectivity index (χ2n) is 5.12. The van der Waals surface area contributed by atoms with Crippen LogP contribution in [0.15, 0.2) is 48.5 Å². The summed E-state index contributed by atoms with van der Waals surface area (Å²) in [7, 11) is 0. The lowest BCUT2D eigenvalue weighted by Crippen LogP contribution is -2.21. The van der Waals surface area contributed by atoms with Crippen LogP contribution >= 0.6 is 0 Å². The summed E-state index contributed by atoms with van der Waals surface area (Å²) in [6, 6.07) is 12.9. The van der Waals surface area contributed by atoms with E-state index in [1.165, 1.54) is 24.3 Å². The molecule has 0 bridgehead atoms. The SMILES string of the molecule is Cc1ccccc1CC(=O)OCC(=O)Nc1cccc([N+](=O)[O-])c1. The van der Waals surface area contributed by atoms with Gasteiger partial charge in [0.1, 0.15) is 0 Å². The number of benzene rings is 2. The summed E-state index contributed by atoms with van der Waals surface area (Å²) in [5.74, 6) is -1.08. The standard InChI is InChI=1S/C17H16N2O5/c1-12-5-2-3-6-13(12)9-17(21)24-11-16(20)18-14-7-4-8-15(10-14)19(22)23/h2-8,10H,9,11H2,1H3,(H,18,20). The molecule has 0 aliphatic rings. The molecule has 2 rings (SSSR count). The van der Waals surface area contributed by atoms with E-state index in [-0.39, 0.29) is 17.8 Å². The van der Waals surface area contributed by atoms with Gasteiger partial charge in [0.15, 0.2) is 6.61 Å². The molecule has 24 heavy (non-hydrogen) atoms. The summed E-state index contributed by atoms with van der Waals surface area (Å²) in [6.45, 7) is 1.44. The second kappa shape index (κ2) is 7.87. The molecule has 0 aliphatic carbocycles. The van der Waals surface area contributed by atoms with E-state index in [2.05, 4.69) is 5.32 Å². The molecule has 0 radical (unpaired) electrons. The van der Waals surface area contributed by atoms with Gasteiger partial charge in [-0.15, -0.1) is 0 Å². The van der Waals surface area contributed by atoms with Crippen molar-refractivity contribution >= 4 is 23.3 Å². The maximum atomic E-state index is 11.8. The number of anilines is 1. The van der Waals surface area contributed by atoms with Gasteiger partial charge in [-0.25, -0.2) is 0 Å². The van der Waals surface area contributed by atoms with E-state index < -0.39 is 23.4 Å². The molecule has 0 fully saturated rings. The highest BCUT2D eigenvalue weighted by Gasteiger charge is 2.11. The van der Waals surface area contributed by atoms with Crippen LogP contribution in [0.25, 0.3) is 0 Å². The fraction of sp³-hybridized carbons (Fsp3) is 0.176. The van der Waals surface area contributed by atoms with Crippen LogP contribution in [0.5, 0.6) is 0 Å². The predicted octanol–water partition coefficient (Wildman–Crippen LogP) is 2.63. The number of nitro groups is 1. The van der Waals surface area contributed by atoms with Crippen LogP contribution in [0, 0.1) is 17.0 Å². The van der Waals surface area contributed by atoms with Crippen molar-refractivity contribution in [2.75, 3.05) is 11.9 Å². The van der Waals surface area contributed by atoms with Crippen molar-refractivity contribution in [1.82, 2.24) is 0 Å². The van der Waals surface area contributed by atoms with Crippen molar-refractivity contribution in [3.8, 4) is 0 Å². The summed E-state index contributed by atoms with van der Waals surface area (Å²) in [6.07, 6.45) is 0.0801. The maximum Gasteiger partial charge on any atom is 0.310 e. The Labute approximate surface area is 138 Å². The molecule has 0 unspecified atom stereocenters. The molecule has 1 amide bonds. The van der Waals surface area contributed by atoms with Crippen molar-refractivity contribution in [2.45, 2.75) is 13.3 Å². The van der Waals surface area contributed by atoms with Gasteiger partial charge < -0.3 is 10.1 Å². The lowest BCUT2D eigenvalue weighted by molar-refractivity contribution is -0.384. The predicted molar refractivity (Wildman–Crippen MR) is 87.6 cm³/mol. The van der Waals surface area contributed by atoms with Crippen molar-refractivity contribution in [1.29, 1.82) is 0 Å². The molecule has 7 heteroatoms. The molecular weight excluding hydrogens is 312 g/mol. The van der Waals surface area contributed by atoms with E-state index in [0.29, 0.717) is 0 Å². The van der Waals surface area contributed by atoms with Gasteiger partial charge in [-0.1, -0.05) is 30.3 Å². The molecule has 0 aliphatic heterocycles. The van der Waals surface area contributed by atoms with Crippen molar-refractivity contribution in [2.24, 2.45) is 0 Å². The largest absolute Gasteiger partial charge is 0.455 e. The van der Waals surface area contributed by atoms with Gasteiger partial charge in [-0.3, -0.25) is 19.7 Å². The number of carbonyl (C=O) groups excluding carboxylic acids is 2. The normalized spacial score (nSPS) is 10.0. The minimum atomic E-state index is -0.561. The highest BCUT2D eigenvalue weighted by Crippen LogP contribution is 2.16. The molecule has 124 valence electrons. The van der Waals surface area contributed by atoms with Crippen molar-refractivity contribution < 1.29 is 19.2 Å². The quantitative estimate of drug-likeness (QED) is 0.499. The minimum absolute atomic E-state index is 0.0801. The number of ether oxygens (including phenoxy) is 1. The Bertz CT molecular complexity index is 773. The van der Waals surface area contributed by atoms with Gasteiger partial charge in [0, 0.05) is 17.8 Å². The third-order valence-electron chi connectivity index (χ3n) is 3.30. The number of rotatable bonds is 6. The van der Waals surface area contributed by atoms with E-state index >= 15 is 0 Å². The zero-order valence-electron chi connectivity index (χ0n) is 13.0. The molecule has 1 N–H and O–H groups in total. The number of hydrogen-bond acceptors (Lipinski definition) is 5. The van der Waals surface area contributed by atoms with Crippen LogP contribution < -0.4 is 5.32 Å². The molecule has 0 heterocycles. The highest BCUT2D eigenvalue weighted by atomic mass is 16.6. The first kappa shape index (κ1) is 17.1. The number of hydrogen-bond donors (Lipinski definition) is 1. The molecule has 0 aromatic heterocycles.